The summed E-state index contributed by atoms with van der Waals surface area (Å²) in [6.07, 6.45) is 3.53. The van der Waals surface area contributed by atoms with E-state index in [1.165, 1.54) is 16.7 Å². The molecule has 0 aliphatic rings. The third kappa shape index (κ3) is 3.34. The fourth-order valence-corrected chi connectivity index (χ4v) is 2.54. The molecule has 0 bridgehead atoms. The van der Waals surface area contributed by atoms with Gasteiger partial charge < -0.3 is 5.21 Å². The SMILES string of the molecule is Cc1ccc(Sc2ccccc2)[n+](C/C=N/O)c1. The Bertz CT molecular complexity index is 541. The molecule has 0 atom stereocenters. The average molecular weight is 259 g/mol. The van der Waals surface area contributed by atoms with Gasteiger partial charge in [-0.05, 0) is 36.9 Å². The summed E-state index contributed by atoms with van der Waals surface area (Å²) < 4.78 is 2.06. The molecule has 0 fully saturated rings. The van der Waals surface area contributed by atoms with Crippen molar-refractivity contribution in [2.24, 2.45) is 5.16 Å². The molecule has 4 heteroatoms. The Labute approximate surface area is 111 Å². The second-order valence-corrected chi connectivity index (χ2v) is 5.00. The lowest BCUT2D eigenvalue weighted by molar-refractivity contribution is -0.718. The third-order valence-corrected chi connectivity index (χ3v) is 3.54. The van der Waals surface area contributed by atoms with Crippen LogP contribution in [-0.2, 0) is 6.54 Å². The van der Waals surface area contributed by atoms with E-state index in [0.29, 0.717) is 6.54 Å². The van der Waals surface area contributed by atoms with Gasteiger partial charge in [-0.2, -0.15) is 4.57 Å². The summed E-state index contributed by atoms with van der Waals surface area (Å²) in [4.78, 5) is 1.19. The Hall–Kier alpha value is -1.81. The topological polar surface area (TPSA) is 36.5 Å². The zero-order valence-corrected chi connectivity index (χ0v) is 11.0. The number of hydrogen-bond donors (Lipinski definition) is 1. The molecular weight excluding hydrogens is 244 g/mol. The van der Waals surface area contributed by atoms with Crippen molar-refractivity contribution in [3.05, 3.63) is 54.2 Å². The van der Waals surface area contributed by atoms with Crippen molar-refractivity contribution in [2.45, 2.75) is 23.4 Å². The normalized spacial score (nSPS) is 10.9. The molecule has 1 heterocycles. The molecule has 0 spiro atoms. The Morgan fingerprint density at radius 2 is 2.00 bits per heavy atom. The second kappa shape index (κ2) is 6.21. The summed E-state index contributed by atoms with van der Waals surface area (Å²) in [6.45, 7) is 2.61. The first kappa shape index (κ1) is 12.6. The molecule has 2 rings (SSSR count). The molecule has 1 aromatic carbocycles. The zero-order valence-electron chi connectivity index (χ0n) is 10.2. The molecule has 0 amide bonds. The van der Waals surface area contributed by atoms with Crippen LogP contribution in [0.3, 0.4) is 0 Å². The highest BCUT2D eigenvalue weighted by Gasteiger charge is 2.11. The largest absolute Gasteiger partial charge is 0.411 e. The Balaban J connectivity index is 2.26. The van der Waals surface area contributed by atoms with Gasteiger partial charge in [0.05, 0.1) is 0 Å². The van der Waals surface area contributed by atoms with Crippen LogP contribution in [0.1, 0.15) is 5.56 Å². The number of hydrogen-bond acceptors (Lipinski definition) is 3. The maximum absolute atomic E-state index is 8.53. The van der Waals surface area contributed by atoms with Crippen molar-refractivity contribution in [2.75, 3.05) is 0 Å². The van der Waals surface area contributed by atoms with Gasteiger partial charge in [-0.25, -0.2) is 0 Å². The summed E-state index contributed by atoms with van der Waals surface area (Å²) in [5, 5.41) is 12.7. The molecule has 1 aromatic heterocycles. The van der Waals surface area contributed by atoms with E-state index in [9.17, 15) is 0 Å². The van der Waals surface area contributed by atoms with Crippen LogP contribution < -0.4 is 4.57 Å². The number of benzene rings is 1. The van der Waals surface area contributed by atoms with E-state index >= 15 is 0 Å². The monoisotopic (exact) mass is 259 g/mol. The fourth-order valence-electron chi connectivity index (χ4n) is 1.62. The molecule has 2 aromatic rings. The van der Waals surface area contributed by atoms with Crippen molar-refractivity contribution >= 4 is 18.0 Å². The Kier molecular flexibility index (Phi) is 4.36. The lowest BCUT2D eigenvalue weighted by Gasteiger charge is -2.02. The highest BCUT2D eigenvalue weighted by atomic mass is 32.2. The van der Waals surface area contributed by atoms with E-state index in [0.717, 1.165) is 5.03 Å². The first-order valence-electron chi connectivity index (χ1n) is 5.68. The highest BCUT2D eigenvalue weighted by Crippen LogP contribution is 2.24. The number of pyridine rings is 1. The fraction of sp³-hybridized carbons (Fsp3) is 0.143. The van der Waals surface area contributed by atoms with E-state index in [1.807, 2.05) is 31.3 Å². The number of nitrogens with zero attached hydrogens (tertiary/aromatic N) is 2. The number of rotatable bonds is 4. The van der Waals surface area contributed by atoms with Crippen LogP contribution >= 0.6 is 11.8 Å². The molecule has 3 nitrogen and oxygen atoms in total. The van der Waals surface area contributed by atoms with Gasteiger partial charge in [0.25, 0.3) is 0 Å². The molecule has 0 aliphatic heterocycles. The van der Waals surface area contributed by atoms with Gasteiger partial charge in [-0.1, -0.05) is 23.4 Å². The minimum absolute atomic E-state index is 0.563. The standard InChI is InChI=1S/C14H14N2OS/c1-12-7-8-14(16(11-12)10-9-15-17)18-13-5-3-2-4-6-13/h2-9,11H,10H2,1H3/p+1/b15-9+. The summed E-state index contributed by atoms with van der Waals surface area (Å²) in [6, 6.07) is 14.4. The molecule has 1 N–H and O–H groups in total. The minimum atomic E-state index is 0.563. The van der Waals surface area contributed by atoms with E-state index in [4.69, 9.17) is 5.21 Å². The zero-order chi connectivity index (χ0) is 12.8. The minimum Gasteiger partial charge on any atom is -0.411 e. The maximum atomic E-state index is 8.53. The molecule has 0 saturated heterocycles. The van der Waals surface area contributed by atoms with Crippen LogP contribution in [0, 0.1) is 6.92 Å². The summed E-state index contributed by atoms with van der Waals surface area (Å²) in [7, 11) is 0. The highest BCUT2D eigenvalue weighted by molar-refractivity contribution is 7.99. The third-order valence-electron chi connectivity index (χ3n) is 2.46. The van der Waals surface area contributed by atoms with Crippen molar-refractivity contribution in [1.29, 1.82) is 0 Å². The Morgan fingerprint density at radius 3 is 2.72 bits per heavy atom. The quantitative estimate of drug-likeness (QED) is 0.397. The van der Waals surface area contributed by atoms with Crippen LogP contribution in [0.5, 0.6) is 0 Å². The van der Waals surface area contributed by atoms with Crippen molar-refractivity contribution in [3.8, 4) is 0 Å². The Morgan fingerprint density at radius 1 is 1.22 bits per heavy atom. The maximum Gasteiger partial charge on any atom is 0.245 e. The van der Waals surface area contributed by atoms with Gasteiger partial charge in [0.2, 0.25) is 5.03 Å². The van der Waals surface area contributed by atoms with Crippen LogP contribution in [0.25, 0.3) is 0 Å². The number of aryl methyl sites for hydroxylation is 1. The predicted molar refractivity (Wildman–Crippen MR) is 72.2 cm³/mol. The molecule has 18 heavy (non-hydrogen) atoms. The van der Waals surface area contributed by atoms with Gasteiger partial charge in [0.1, 0.15) is 6.21 Å². The summed E-state index contributed by atoms with van der Waals surface area (Å²) in [5.41, 5.74) is 1.18. The van der Waals surface area contributed by atoms with Crippen molar-refractivity contribution < 1.29 is 9.77 Å². The molecular formula is C14H15N2OS+. The first-order chi connectivity index (χ1) is 8.79. The van der Waals surface area contributed by atoms with Gasteiger partial charge in [-0.3, -0.25) is 0 Å². The lowest BCUT2D eigenvalue weighted by atomic mass is 10.3. The van der Waals surface area contributed by atoms with Crippen LogP contribution in [0.2, 0.25) is 0 Å². The molecule has 92 valence electrons. The van der Waals surface area contributed by atoms with E-state index in [1.54, 1.807) is 11.8 Å². The average Bonchev–Trinajstić information content (AvgIpc) is 2.40. The van der Waals surface area contributed by atoms with Crippen LogP contribution in [0.15, 0.2) is 63.7 Å². The molecule has 0 saturated carbocycles. The van der Waals surface area contributed by atoms with E-state index in [2.05, 4.69) is 34.0 Å². The van der Waals surface area contributed by atoms with E-state index in [-0.39, 0.29) is 0 Å². The van der Waals surface area contributed by atoms with Crippen LogP contribution in [-0.4, -0.2) is 11.4 Å². The van der Waals surface area contributed by atoms with Crippen molar-refractivity contribution in [1.82, 2.24) is 0 Å². The smallest absolute Gasteiger partial charge is 0.245 e. The number of oxime groups is 1. The van der Waals surface area contributed by atoms with Gasteiger partial charge in [-0.15, -0.1) is 0 Å². The van der Waals surface area contributed by atoms with Crippen molar-refractivity contribution in [3.63, 3.8) is 0 Å². The van der Waals surface area contributed by atoms with Crippen LogP contribution in [0.4, 0.5) is 0 Å². The van der Waals surface area contributed by atoms with Gasteiger partial charge in [0.15, 0.2) is 12.7 Å². The van der Waals surface area contributed by atoms with Gasteiger partial charge >= 0.3 is 0 Å². The van der Waals surface area contributed by atoms with E-state index < -0.39 is 0 Å². The van der Waals surface area contributed by atoms with Gasteiger partial charge in [0, 0.05) is 16.5 Å². The molecule has 0 aliphatic carbocycles. The number of aromatic nitrogens is 1. The summed E-state index contributed by atoms with van der Waals surface area (Å²) >= 11 is 1.69. The predicted octanol–water partition coefficient (Wildman–Crippen LogP) is 2.89. The second-order valence-electron chi connectivity index (χ2n) is 3.91. The first-order valence-corrected chi connectivity index (χ1v) is 6.50. The summed E-state index contributed by atoms with van der Waals surface area (Å²) in [5.74, 6) is 0. The molecule has 0 unspecified atom stereocenters. The lowest BCUT2D eigenvalue weighted by Crippen LogP contribution is -2.37. The molecule has 0 radical (unpaired) electrons.